The highest BCUT2D eigenvalue weighted by Crippen LogP contribution is 2.32. The fourth-order valence-corrected chi connectivity index (χ4v) is 2.89. The van der Waals surface area contributed by atoms with E-state index in [0.29, 0.717) is 0 Å². The molecule has 0 saturated carbocycles. The molecule has 0 amide bonds. The zero-order valence-corrected chi connectivity index (χ0v) is 12.1. The van der Waals surface area contributed by atoms with Crippen molar-refractivity contribution in [3.05, 3.63) is 64.7 Å². The summed E-state index contributed by atoms with van der Waals surface area (Å²) in [5.41, 5.74) is 11.4. The van der Waals surface area contributed by atoms with Crippen molar-refractivity contribution in [3.63, 3.8) is 0 Å². The molecule has 20 heavy (non-hydrogen) atoms. The van der Waals surface area contributed by atoms with E-state index in [1.807, 2.05) is 0 Å². The number of benzene rings is 2. The summed E-state index contributed by atoms with van der Waals surface area (Å²) in [6.07, 6.45) is 2.08. The zero-order valence-electron chi connectivity index (χ0n) is 12.1. The second-order valence-electron chi connectivity index (χ2n) is 5.69. The van der Waals surface area contributed by atoms with E-state index in [1.54, 1.807) is 0 Å². The fourth-order valence-electron chi connectivity index (χ4n) is 2.89. The van der Waals surface area contributed by atoms with E-state index in [9.17, 15) is 0 Å². The van der Waals surface area contributed by atoms with Gasteiger partial charge in [0.1, 0.15) is 11.9 Å². The Morgan fingerprint density at radius 2 is 1.90 bits per heavy atom. The average Bonchev–Trinajstić information content (AvgIpc) is 2.46. The van der Waals surface area contributed by atoms with Gasteiger partial charge in [-0.1, -0.05) is 36.4 Å². The van der Waals surface area contributed by atoms with E-state index in [2.05, 4.69) is 56.3 Å². The standard InChI is InChI=1S/C18H21NO/c1-12-7-8-13(2)17(11-12)20-16-10-9-14-5-3-4-6-15(14)18(16)19/h3-8,11,16,18H,9-10,19H2,1-2H3. The molecule has 2 aromatic carbocycles. The molecule has 104 valence electrons. The Kier molecular flexibility index (Phi) is 3.49. The number of hydrogen-bond donors (Lipinski definition) is 1. The summed E-state index contributed by atoms with van der Waals surface area (Å²) in [6.45, 7) is 4.17. The normalized spacial score (nSPS) is 21.4. The van der Waals surface area contributed by atoms with Gasteiger partial charge in [0, 0.05) is 0 Å². The molecule has 2 heteroatoms. The van der Waals surface area contributed by atoms with E-state index in [0.717, 1.165) is 18.6 Å². The van der Waals surface area contributed by atoms with E-state index in [1.165, 1.54) is 22.3 Å². The Hall–Kier alpha value is -1.80. The van der Waals surface area contributed by atoms with Gasteiger partial charge in [0.15, 0.2) is 0 Å². The molecule has 0 fully saturated rings. The summed E-state index contributed by atoms with van der Waals surface area (Å²) in [7, 11) is 0. The van der Waals surface area contributed by atoms with E-state index in [-0.39, 0.29) is 12.1 Å². The number of fused-ring (bicyclic) bond motifs is 1. The summed E-state index contributed by atoms with van der Waals surface area (Å²) in [6, 6.07) is 14.7. The van der Waals surface area contributed by atoms with Crippen LogP contribution in [0.1, 0.15) is 34.7 Å². The van der Waals surface area contributed by atoms with Gasteiger partial charge in [-0.25, -0.2) is 0 Å². The maximum Gasteiger partial charge on any atom is 0.122 e. The van der Waals surface area contributed by atoms with Gasteiger partial charge in [-0.3, -0.25) is 0 Å². The van der Waals surface area contributed by atoms with Crippen LogP contribution in [0.5, 0.6) is 5.75 Å². The first kappa shape index (κ1) is 13.2. The lowest BCUT2D eigenvalue weighted by Crippen LogP contribution is -2.36. The molecule has 0 spiro atoms. The maximum absolute atomic E-state index is 6.40. The lowest BCUT2D eigenvalue weighted by molar-refractivity contribution is 0.152. The second kappa shape index (κ2) is 5.29. The SMILES string of the molecule is Cc1ccc(C)c(OC2CCc3ccccc3C2N)c1. The third kappa shape index (κ3) is 2.44. The van der Waals surface area contributed by atoms with Crippen molar-refractivity contribution in [2.24, 2.45) is 5.73 Å². The Bertz CT molecular complexity index is 621. The highest BCUT2D eigenvalue weighted by molar-refractivity contribution is 5.38. The molecule has 0 bridgehead atoms. The van der Waals surface area contributed by atoms with Gasteiger partial charge in [0.25, 0.3) is 0 Å². The third-order valence-electron chi connectivity index (χ3n) is 4.13. The Morgan fingerprint density at radius 1 is 1.10 bits per heavy atom. The van der Waals surface area contributed by atoms with Crippen molar-refractivity contribution < 1.29 is 4.74 Å². The predicted molar refractivity (Wildman–Crippen MR) is 82.0 cm³/mol. The summed E-state index contributed by atoms with van der Waals surface area (Å²) in [4.78, 5) is 0. The molecule has 2 unspecified atom stereocenters. The minimum Gasteiger partial charge on any atom is -0.488 e. The molecule has 3 rings (SSSR count). The number of ether oxygens (including phenoxy) is 1. The molecule has 0 aliphatic heterocycles. The van der Waals surface area contributed by atoms with Crippen LogP contribution in [-0.2, 0) is 6.42 Å². The minimum absolute atomic E-state index is 0.0418. The van der Waals surface area contributed by atoms with Crippen molar-refractivity contribution in [1.29, 1.82) is 0 Å². The molecular formula is C18H21NO. The van der Waals surface area contributed by atoms with Gasteiger partial charge < -0.3 is 10.5 Å². The fraction of sp³-hybridized carbons (Fsp3) is 0.333. The number of hydrogen-bond acceptors (Lipinski definition) is 2. The van der Waals surface area contributed by atoms with Crippen molar-refractivity contribution in [3.8, 4) is 5.75 Å². The van der Waals surface area contributed by atoms with Crippen LogP contribution in [-0.4, -0.2) is 6.10 Å². The molecule has 2 atom stereocenters. The largest absolute Gasteiger partial charge is 0.488 e. The highest BCUT2D eigenvalue weighted by Gasteiger charge is 2.28. The van der Waals surface area contributed by atoms with E-state index in [4.69, 9.17) is 10.5 Å². The predicted octanol–water partition coefficient (Wildman–Crippen LogP) is 3.70. The molecule has 1 aliphatic carbocycles. The molecule has 2 nitrogen and oxygen atoms in total. The summed E-state index contributed by atoms with van der Waals surface area (Å²) >= 11 is 0. The van der Waals surface area contributed by atoms with Gasteiger partial charge in [0.2, 0.25) is 0 Å². The monoisotopic (exact) mass is 267 g/mol. The van der Waals surface area contributed by atoms with Crippen LogP contribution in [0.15, 0.2) is 42.5 Å². The lowest BCUT2D eigenvalue weighted by Gasteiger charge is -2.31. The van der Waals surface area contributed by atoms with Crippen molar-refractivity contribution in [2.45, 2.75) is 38.8 Å². The summed E-state index contributed by atoms with van der Waals surface area (Å²) in [5.74, 6) is 0.963. The summed E-state index contributed by atoms with van der Waals surface area (Å²) in [5, 5.41) is 0. The molecule has 0 saturated heterocycles. The van der Waals surface area contributed by atoms with Crippen molar-refractivity contribution in [2.75, 3.05) is 0 Å². The van der Waals surface area contributed by atoms with Crippen molar-refractivity contribution >= 4 is 0 Å². The first-order valence-electron chi connectivity index (χ1n) is 7.22. The van der Waals surface area contributed by atoms with E-state index < -0.39 is 0 Å². The Morgan fingerprint density at radius 3 is 2.75 bits per heavy atom. The smallest absolute Gasteiger partial charge is 0.122 e. The van der Waals surface area contributed by atoms with Crippen molar-refractivity contribution in [1.82, 2.24) is 0 Å². The number of rotatable bonds is 2. The van der Waals surface area contributed by atoms with Crippen LogP contribution in [0, 0.1) is 13.8 Å². The topological polar surface area (TPSA) is 35.2 Å². The second-order valence-corrected chi connectivity index (χ2v) is 5.69. The van der Waals surface area contributed by atoms with Gasteiger partial charge in [-0.2, -0.15) is 0 Å². The van der Waals surface area contributed by atoms with Gasteiger partial charge in [0.05, 0.1) is 6.04 Å². The first-order chi connectivity index (χ1) is 9.65. The first-order valence-corrected chi connectivity index (χ1v) is 7.22. The van der Waals surface area contributed by atoms with Gasteiger partial charge in [-0.05, 0) is 55.0 Å². The minimum atomic E-state index is -0.0418. The van der Waals surface area contributed by atoms with Crippen LogP contribution in [0.2, 0.25) is 0 Å². The van der Waals surface area contributed by atoms with Crippen LogP contribution >= 0.6 is 0 Å². The maximum atomic E-state index is 6.40. The third-order valence-corrected chi connectivity index (χ3v) is 4.13. The summed E-state index contributed by atoms with van der Waals surface area (Å²) < 4.78 is 6.21. The molecule has 1 aliphatic rings. The van der Waals surface area contributed by atoms with Crippen LogP contribution in [0.25, 0.3) is 0 Å². The lowest BCUT2D eigenvalue weighted by atomic mass is 9.86. The van der Waals surface area contributed by atoms with E-state index >= 15 is 0 Å². The zero-order chi connectivity index (χ0) is 14.1. The quantitative estimate of drug-likeness (QED) is 0.900. The average molecular weight is 267 g/mol. The van der Waals surface area contributed by atoms with Crippen LogP contribution in [0.3, 0.4) is 0 Å². The van der Waals surface area contributed by atoms with Gasteiger partial charge in [-0.15, -0.1) is 0 Å². The number of aryl methyl sites for hydroxylation is 3. The van der Waals surface area contributed by atoms with Gasteiger partial charge >= 0.3 is 0 Å². The molecular weight excluding hydrogens is 246 g/mol. The molecule has 2 aromatic rings. The number of nitrogens with two attached hydrogens (primary N) is 1. The highest BCUT2D eigenvalue weighted by atomic mass is 16.5. The van der Waals surface area contributed by atoms with Crippen LogP contribution in [0.4, 0.5) is 0 Å². The van der Waals surface area contributed by atoms with Crippen LogP contribution < -0.4 is 10.5 Å². The molecule has 0 aromatic heterocycles. The Balaban J connectivity index is 1.84. The molecule has 0 heterocycles. The molecule has 0 radical (unpaired) electrons. The molecule has 2 N–H and O–H groups in total. The Labute approximate surface area is 120 Å².